The number of aromatic nitrogens is 1. The lowest BCUT2D eigenvalue weighted by Crippen LogP contribution is -2.40. The third-order valence-corrected chi connectivity index (χ3v) is 5.93. The fourth-order valence-electron chi connectivity index (χ4n) is 3.64. The zero-order valence-electron chi connectivity index (χ0n) is 15.7. The molecule has 2 aromatic carbocycles. The molecule has 4 rings (SSSR count). The van der Waals surface area contributed by atoms with Gasteiger partial charge in [-0.25, -0.2) is 4.98 Å². The van der Waals surface area contributed by atoms with Gasteiger partial charge in [-0.2, -0.15) is 0 Å². The maximum absolute atomic E-state index is 12.4. The molecule has 1 fully saturated rings. The van der Waals surface area contributed by atoms with Crippen LogP contribution in [0.2, 0.25) is 10.0 Å². The highest BCUT2D eigenvalue weighted by atomic mass is 35.5. The predicted molar refractivity (Wildman–Crippen MR) is 123 cm³/mol. The Morgan fingerprint density at radius 2 is 1.62 bits per heavy atom. The number of carbonyl (C=O) groups is 1. The number of fused-ring (bicyclic) bond motifs is 1. The SMILES string of the molecule is Cl.O=C(NC1CCC(Nc2ccc3ccccc3n2)CC1)c1ccc(Cl)c(Cl)c1. The first-order chi connectivity index (χ1) is 13.6. The Hall–Kier alpha value is -2.01. The van der Waals surface area contributed by atoms with Crippen molar-refractivity contribution in [3.8, 4) is 0 Å². The molecule has 0 atom stereocenters. The molecule has 0 unspecified atom stereocenters. The molecule has 29 heavy (non-hydrogen) atoms. The summed E-state index contributed by atoms with van der Waals surface area (Å²) in [4.78, 5) is 17.1. The van der Waals surface area contributed by atoms with Crippen LogP contribution < -0.4 is 10.6 Å². The molecule has 1 aromatic heterocycles. The van der Waals surface area contributed by atoms with Crippen LogP contribution in [0.3, 0.4) is 0 Å². The number of pyridine rings is 1. The van der Waals surface area contributed by atoms with E-state index in [9.17, 15) is 4.79 Å². The Kier molecular flexibility index (Phi) is 7.23. The molecule has 0 aliphatic heterocycles. The number of carbonyl (C=O) groups excluding carboxylic acids is 1. The van der Waals surface area contributed by atoms with Gasteiger partial charge >= 0.3 is 0 Å². The second kappa shape index (κ2) is 9.66. The monoisotopic (exact) mass is 449 g/mol. The summed E-state index contributed by atoms with van der Waals surface area (Å²) in [6.45, 7) is 0. The van der Waals surface area contributed by atoms with Crippen LogP contribution in [-0.2, 0) is 0 Å². The van der Waals surface area contributed by atoms with Crippen LogP contribution in [0.5, 0.6) is 0 Å². The van der Waals surface area contributed by atoms with E-state index in [2.05, 4.69) is 27.8 Å². The summed E-state index contributed by atoms with van der Waals surface area (Å²) in [7, 11) is 0. The topological polar surface area (TPSA) is 54.0 Å². The number of anilines is 1. The van der Waals surface area contributed by atoms with Crippen molar-refractivity contribution in [1.29, 1.82) is 0 Å². The number of halogens is 3. The number of para-hydroxylation sites is 1. The van der Waals surface area contributed by atoms with E-state index in [0.29, 0.717) is 21.7 Å². The molecule has 1 amide bonds. The number of benzene rings is 2. The van der Waals surface area contributed by atoms with E-state index in [-0.39, 0.29) is 24.4 Å². The Morgan fingerprint density at radius 3 is 2.38 bits per heavy atom. The lowest BCUT2D eigenvalue weighted by atomic mass is 9.91. The van der Waals surface area contributed by atoms with Gasteiger partial charge in [-0.1, -0.05) is 41.4 Å². The molecule has 7 heteroatoms. The zero-order chi connectivity index (χ0) is 19.5. The Balaban J connectivity index is 0.00000240. The molecule has 0 spiro atoms. The minimum Gasteiger partial charge on any atom is -0.367 e. The van der Waals surface area contributed by atoms with Crippen molar-refractivity contribution >= 4 is 58.2 Å². The first-order valence-corrected chi connectivity index (χ1v) is 10.2. The average molecular weight is 451 g/mol. The van der Waals surface area contributed by atoms with Crippen LogP contribution in [0.15, 0.2) is 54.6 Å². The first-order valence-electron chi connectivity index (χ1n) is 9.47. The summed E-state index contributed by atoms with van der Waals surface area (Å²) in [5, 5.41) is 8.63. The molecule has 0 bridgehead atoms. The average Bonchev–Trinajstić information content (AvgIpc) is 2.71. The Bertz CT molecular complexity index is 1000. The summed E-state index contributed by atoms with van der Waals surface area (Å²) in [6, 6.07) is 17.7. The molecule has 1 aliphatic carbocycles. The van der Waals surface area contributed by atoms with E-state index in [1.54, 1.807) is 18.2 Å². The lowest BCUT2D eigenvalue weighted by Gasteiger charge is -2.30. The van der Waals surface area contributed by atoms with Gasteiger partial charge in [0.2, 0.25) is 0 Å². The summed E-state index contributed by atoms with van der Waals surface area (Å²) in [6.07, 6.45) is 3.83. The van der Waals surface area contributed by atoms with Gasteiger partial charge in [0.25, 0.3) is 5.91 Å². The number of rotatable bonds is 4. The third-order valence-electron chi connectivity index (χ3n) is 5.19. The number of nitrogens with one attached hydrogen (secondary N) is 2. The van der Waals surface area contributed by atoms with Gasteiger partial charge in [0.05, 0.1) is 15.6 Å². The maximum Gasteiger partial charge on any atom is 0.251 e. The van der Waals surface area contributed by atoms with Gasteiger partial charge in [0, 0.05) is 23.0 Å². The molecule has 4 nitrogen and oxygen atoms in total. The summed E-state index contributed by atoms with van der Waals surface area (Å²) < 4.78 is 0. The fraction of sp³-hybridized carbons (Fsp3) is 0.273. The Labute approximate surface area is 186 Å². The smallest absolute Gasteiger partial charge is 0.251 e. The van der Waals surface area contributed by atoms with Gasteiger partial charge in [-0.3, -0.25) is 4.79 Å². The molecule has 152 valence electrons. The number of amides is 1. The zero-order valence-corrected chi connectivity index (χ0v) is 18.0. The van der Waals surface area contributed by atoms with Crippen molar-refractivity contribution in [2.24, 2.45) is 0 Å². The quantitative estimate of drug-likeness (QED) is 0.504. The van der Waals surface area contributed by atoms with Crippen LogP contribution >= 0.6 is 35.6 Å². The van der Waals surface area contributed by atoms with Crippen LogP contribution in [0.4, 0.5) is 5.82 Å². The third kappa shape index (κ3) is 5.33. The van der Waals surface area contributed by atoms with E-state index >= 15 is 0 Å². The van der Waals surface area contributed by atoms with Crippen molar-refractivity contribution in [2.45, 2.75) is 37.8 Å². The second-order valence-corrected chi connectivity index (χ2v) is 8.00. The Morgan fingerprint density at radius 1 is 0.897 bits per heavy atom. The summed E-state index contributed by atoms with van der Waals surface area (Å²) >= 11 is 11.9. The van der Waals surface area contributed by atoms with Crippen LogP contribution in [0.1, 0.15) is 36.0 Å². The predicted octanol–water partition coefficient (Wildman–Crippen LogP) is 6.12. The molecule has 0 saturated heterocycles. The molecule has 1 heterocycles. The van der Waals surface area contributed by atoms with Crippen molar-refractivity contribution in [2.75, 3.05) is 5.32 Å². The summed E-state index contributed by atoms with van der Waals surface area (Å²) in [5.74, 6) is 0.799. The van der Waals surface area contributed by atoms with Gasteiger partial charge in [-0.05, 0) is 62.1 Å². The largest absolute Gasteiger partial charge is 0.367 e. The first kappa shape index (κ1) is 21.7. The number of hydrogen-bond acceptors (Lipinski definition) is 3. The van der Waals surface area contributed by atoms with Crippen molar-refractivity contribution in [3.05, 3.63) is 70.2 Å². The highest BCUT2D eigenvalue weighted by Crippen LogP contribution is 2.25. The van der Waals surface area contributed by atoms with E-state index in [4.69, 9.17) is 23.2 Å². The van der Waals surface area contributed by atoms with E-state index in [0.717, 1.165) is 42.4 Å². The van der Waals surface area contributed by atoms with E-state index < -0.39 is 0 Å². The van der Waals surface area contributed by atoms with E-state index in [1.807, 2.05) is 24.3 Å². The van der Waals surface area contributed by atoms with E-state index in [1.165, 1.54) is 0 Å². The fourth-order valence-corrected chi connectivity index (χ4v) is 3.94. The normalized spacial score (nSPS) is 18.7. The molecular weight excluding hydrogens is 429 g/mol. The highest BCUT2D eigenvalue weighted by Gasteiger charge is 2.23. The summed E-state index contributed by atoms with van der Waals surface area (Å²) in [5.41, 5.74) is 1.53. The van der Waals surface area contributed by atoms with Crippen molar-refractivity contribution in [1.82, 2.24) is 10.3 Å². The molecule has 1 aliphatic rings. The van der Waals surface area contributed by atoms with Crippen LogP contribution in [0, 0.1) is 0 Å². The van der Waals surface area contributed by atoms with Crippen molar-refractivity contribution < 1.29 is 4.79 Å². The van der Waals surface area contributed by atoms with Gasteiger partial charge in [-0.15, -0.1) is 12.4 Å². The molecule has 0 radical (unpaired) electrons. The number of hydrogen-bond donors (Lipinski definition) is 2. The minimum atomic E-state index is -0.105. The maximum atomic E-state index is 12.4. The molecular formula is C22H22Cl3N3O. The van der Waals surface area contributed by atoms with Crippen LogP contribution in [0.25, 0.3) is 10.9 Å². The standard InChI is InChI=1S/C22H21Cl2N3O.ClH/c23-18-11-5-15(13-19(18)24)22(28)26-17-9-7-16(8-10-17)25-21-12-6-14-3-1-2-4-20(14)27-21;/h1-6,11-13,16-17H,7-10H2,(H,25,27)(H,26,28);1H. The molecule has 2 N–H and O–H groups in total. The molecule has 3 aromatic rings. The number of nitrogens with zero attached hydrogens (tertiary/aromatic N) is 1. The minimum absolute atomic E-state index is 0. The lowest BCUT2D eigenvalue weighted by molar-refractivity contribution is 0.0926. The van der Waals surface area contributed by atoms with Gasteiger partial charge in [0.15, 0.2) is 0 Å². The van der Waals surface area contributed by atoms with Crippen LogP contribution in [-0.4, -0.2) is 23.0 Å². The van der Waals surface area contributed by atoms with Gasteiger partial charge < -0.3 is 10.6 Å². The van der Waals surface area contributed by atoms with Gasteiger partial charge in [0.1, 0.15) is 5.82 Å². The second-order valence-electron chi connectivity index (χ2n) is 7.18. The molecule has 1 saturated carbocycles. The van der Waals surface area contributed by atoms with Crippen molar-refractivity contribution in [3.63, 3.8) is 0 Å². The highest BCUT2D eigenvalue weighted by molar-refractivity contribution is 6.42.